The number of aromatic amines is 1. The number of benzene rings is 1. The van der Waals surface area contributed by atoms with Crippen LogP contribution in [0.15, 0.2) is 29.0 Å². The molecule has 16 heavy (non-hydrogen) atoms. The molecule has 2 N–H and O–H groups in total. The number of halogens is 2. The molecule has 1 aromatic carbocycles. The number of imidazole rings is 1. The van der Waals surface area contributed by atoms with Crippen molar-refractivity contribution in [3.8, 4) is 0 Å². The molecule has 1 aromatic heterocycles. The maximum absolute atomic E-state index is 13.0. The van der Waals surface area contributed by atoms with E-state index in [1.807, 2.05) is 6.92 Å². The summed E-state index contributed by atoms with van der Waals surface area (Å²) in [5.74, 6) is -0.260. The van der Waals surface area contributed by atoms with Gasteiger partial charge in [0.25, 0.3) is 0 Å². The highest BCUT2D eigenvalue weighted by atomic mass is 79.9. The first-order valence-corrected chi connectivity index (χ1v) is 5.64. The van der Waals surface area contributed by atoms with Crippen molar-refractivity contribution in [3.63, 3.8) is 0 Å². The standard InChI is InChI=1S/C11H11BrFN3/c1-7-11(16-6-15-7)5-14-10-4-8(13)2-3-9(10)12/h2-4,6,14H,5H2,1H3,(H,15,16). The van der Waals surface area contributed by atoms with Crippen LogP contribution in [0.25, 0.3) is 0 Å². The maximum atomic E-state index is 13.0. The van der Waals surface area contributed by atoms with Crippen molar-refractivity contribution < 1.29 is 4.39 Å². The van der Waals surface area contributed by atoms with Crippen LogP contribution in [0.5, 0.6) is 0 Å². The summed E-state index contributed by atoms with van der Waals surface area (Å²) in [5.41, 5.74) is 2.67. The third kappa shape index (κ3) is 2.41. The first kappa shape index (κ1) is 11.1. The number of nitrogens with zero attached hydrogens (tertiary/aromatic N) is 1. The third-order valence-electron chi connectivity index (χ3n) is 2.31. The third-order valence-corrected chi connectivity index (χ3v) is 3.00. The molecule has 0 radical (unpaired) electrons. The fourth-order valence-corrected chi connectivity index (χ4v) is 1.76. The Kier molecular flexibility index (Phi) is 3.24. The minimum atomic E-state index is -0.260. The Balaban J connectivity index is 2.10. The summed E-state index contributed by atoms with van der Waals surface area (Å²) in [6, 6.07) is 4.54. The second-order valence-corrected chi connectivity index (χ2v) is 4.31. The second kappa shape index (κ2) is 4.65. The van der Waals surface area contributed by atoms with E-state index in [0.29, 0.717) is 6.54 Å². The van der Waals surface area contributed by atoms with Gasteiger partial charge in [0.15, 0.2) is 0 Å². The molecular formula is C11H11BrFN3. The van der Waals surface area contributed by atoms with Gasteiger partial charge in [-0.25, -0.2) is 9.37 Å². The molecule has 1 heterocycles. The number of anilines is 1. The van der Waals surface area contributed by atoms with Crippen LogP contribution < -0.4 is 5.32 Å². The van der Waals surface area contributed by atoms with Gasteiger partial charge in [0.1, 0.15) is 5.82 Å². The van der Waals surface area contributed by atoms with Crippen LogP contribution in [0.3, 0.4) is 0 Å². The average Bonchev–Trinajstić information content (AvgIpc) is 2.66. The van der Waals surface area contributed by atoms with Crippen molar-refractivity contribution in [3.05, 3.63) is 46.2 Å². The van der Waals surface area contributed by atoms with E-state index in [4.69, 9.17) is 0 Å². The molecule has 0 amide bonds. The molecule has 0 unspecified atom stereocenters. The lowest BCUT2D eigenvalue weighted by Crippen LogP contribution is -2.02. The summed E-state index contributed by atoms with van der Waals surface area (Å²) in [6.45, 7) is 2.52. The van der Waals surface area contributed by atoms with Crippen molar-refractivity contribution in [1.29, 1.82) is 0 Å². The predicted molar refractivity (Wildman–Crippen MR) is 64.8 cm³/mol. The molecule has 5 heteroatoms. The van der Waals surface area contributed by atoms with Gasteiger partial charge in [-0.1, -0.05) is 0 Å². The number of rotatable bonds is 3. The summed E-state index contributed by atoms with van der Waals surface area (Å²) in [4.78, 5) is 7.15. The van der Waals surface area contributed by atoms with E-state index >= 15 is 0 Å². The van der Waals surface area contributed by atoms with Crippen LogP contribution in [0.4, 0.5) is 10.1 Å². The number of aromatic nitrogens is 2. The molecule has 0 saturated carbocycles. The van der Waals surface area contributed by atoms with E-state index < -0.39 is 0 Å². The summed E-state index contributed by atoms with van der Waals surface area (Å²) in [5, 5.41) is 3.13. The molecule has 2 rings (SSSR count). The van der Waals surface area contributed by atoms with Crippen LogP contribution >= 0.6 is 15.9 Å². The molecule has 84 valence electrons. The molecule has 0 spiro atoms. The lowest BCUT2D eigenvalue weighted by Gasteiger charge is -2.07. The minimum absolute atomic E-state index is 0.260. The van der Waals surface area contributed by atoms with E-state index in [1.165, 1.54) is 12.1 Å². The van der Waals surface area contributed by atoms with Gasteiger partial charge < -0.3 is 10.3 Å². The van der Waals surface area contributed by atoms with E-state index in [0.717, 1.165) is 21.5 Å². The number of hydrogen-bond donors (Lipinski definition) is 2. The van der Waals surface area contributed by atoms with Gasteiger partial charge in [-0.05, 0) is 41.1 Å². The molecule has 0 aliphatic rings. The molecule has 0 saturated heterocycles. The van der Waals surface area contributed by atoms with Gasteiger partial charge in [-0.15, -0.1) is 0 Å². The normalized spacial score (nSPS) is 10.4. The highest BCUT2D eigenvalue weighted by Crippen LogP contribution is 2.23. The molecule has 0 aliphatic carbocycles. The Morgan fingerprint density at radius 3 is 3.00 bits per heavy atom. The quantitative estimate of drug-likeness (QED) is 0.908. The predicted octanol–water partition coefficient (Wildman–Crippen LogP) is 3.23. The fraction of sp³-hybridized carbons (Fsp3) is 0.182. The number of nitrogens with one attached hydrogen (secondary N) is 2. The van der Waals surface area contributed by atoms with Crippen molar-refractivity contribution in [2.75, 3.05) is 5.32 Å². The molecule has 0 fully saturated rings. The molecule has 2 aromatic rings. The maximum Gasteiger partial charge on any atom is 0.125 e. The van der Waals surface area contributed by atoms with Crippen molar-refractivity contribution >= 4 is 21.6 Å². The van der Waals surface area contributed by atoms with Gasteiger partial charge in [0.05, 0.1) is 24.3 Å². The van der Waals surface area contributed by atoms with Crippen LogP contribution in [-0.4, -0.2) is 9.97 Å². The highest BCUT2D eigenvalue weighted by Gasteiger charge is 2.04. The number of aryl methyl sites for hydroxylation is 1. The monoisotopic (exact) mass is 283 g/mol. The summed E-state index contributed by atoms with van der Waals surface area (Å²) in [7, 11) is 0. The topological polar surface area (TPSA) is 40.7 Å². The Morgan fingerprint density at radius 1 is 1.50 bits per heavy atom. The van der Waals surface area contributed by atoms with Crippen molar-refractivity contribution in [2.24, 2.45) is 0 Å². The van der Waals surface area contributed by atoms with Gasteiger partial charge in [0.2, 0.25) is 0 Å². The number of hydrogen-bond acceptors (Lipinski definition) is 2. The Hall–Kier alpha value is -1.36. The Bertz CT molecular complexity index is 496. The van der Waals surface area contributed by atoms with E-state index in [-0.39, 0.29) is 5.82 Å². The van der Waals surface area contributed by atoms with E-state index in [9.17, 15) is 4.39 Å². The van der Waals surface area contributed by atoms with Gasteiger partial charge in [0, 0.05) is 10.2 Å². The lowest BCUT2D eigenvalue weighted by atomic mass is 10.3. The number of H-pyrrole nitrogens is 1. The summed E-state index contributed by atoms with van der Waals surface area (Å²) < 4.78 is 13.8. The van der Waals surface area contributed by atoms with Gasteiger partial charge in [-0.2, -0.15) is 0 Å². The zero-order valence-electron chi connectivity index (χ0n) is 8.72. The lowest BCUT2D eigenvalue weighted by molar-refractivity contribution is 0.628. The molecule has 0 bridgehead atoms. The SMILES string of the molecule is Cc1[nH]cnc1CNc1cc(F)ccc1Br. The average molecular weight is 284 g/mol. The van der Waals surface area contributed by atoms with E-state index in [2.05, 4.69) is 31.2 Å². The van der Waals surface area contributed by atoms with Gasteiger partial charge >= 0.3 is 0 Å². The summed E-state index contributed by atoms with van der Waals surface area (Å²) >= 11 is 3.36. The highest BCUT2D eigenvalue weighted by molar-refractivity contribution is 9.10. The van der Waals surface area contributed by atoms with Crippen LogP contribution in [0.1, 0.15) is 11.4 Å². The zero-order valence-corrected chi connectivity index (χ0v) is 10.3. The van der Waals surface area contributed by atoms with Crippen LogP contribution in [-0.2, 0) is 6.54 Å². The molecule has 0 aliphatic heterocycles. The van der Waals surface area contributed by atoms with Crippen molar-refractivity contribution in [2.45, 2.75) is 13.5 Å². The van der Waals surface area contributed by atoms with E-state index in [1.54, 1.807) is 12.4 Å². The largest absolute Gasteiger partial charge is 0.378 e. The zero-order chi connectivity index (χ0) is 11.5. The molecule has 3 nitrogen and oxygen atoms in total. The summed E-state index contributed by atoms with van der Waals surface area (Å²) in [6.07, 6.45) is 1.65. The smallest absolute Gasteiger partial charge is 0.125 e. The van der Waals surface area contributed by atoms with Gasteiger partial charge in [-0.3, -0.25) is 0 Å². The molecule has 0 atom stereocenters. The van der Waals surface area contributed by atoms with Crippen LogP contribution in [0.2, 0.25) is 0 Å². The Labute approximate surface area is 101 Å². The Morgan fingerprint density at radius 2 is 2.31 bits per heavy atom. The van der Waals surface area contributed by atoms with Crippen LogP contribution in [0, 0.1) is 12.7 Å². The molecular weight excluding hydrogens is 273 g/mol. The van der Waals surface area contributed by atoms with Crippen molar-refractivity contribution in [1.82, 2.24) is 9.97 Å². The minimum Gasteiger partial charge on any atom is -0.378 e. The second-order valence-electron chi connectivity index (χ2n) is 3.45. The fourth-order valence-electron chi connectivity index (χ4n) is 1.38. The first-order valence-electron chi connectivity index (χ1n) is 4.84. The first-order chi connectivity index (χ1) is 7.66.